The van der Waals surface area contributed by atoms with E-state index in [0.717, 1.165) is 5.69 Å². The normalized spacial score (nSPS) is 12.2. The fourth-order valence-electron chi connectivity index (χ4n) is 2.34. The quantitative estimate of drug-likeness (QED) is 0.456. The number of rotatable bonds is 7. The van der Waals surface area contributed by atoms with Crippen LogP contribution in [-0.4, -0.2) is 37.2 Å². The first kappa shape index (κ1) is 18.8. The minimum atomic E-state index is -0.313. The molecule has 0 atom stereocenters. The van der Waals surface area contributed by atoms with Crippen molar-refractivity contribution in [3.05, 3.63) is 40.4 Å². The smallest absolute Gasteiger partial charge is 0.259 e. The Kier molecular flexibility index (Phi) is 6.02. The van der Waals surface area contributed by atoms with Gasteiger partial charge in [0.25, 0.3) is 5.91 Å². The summed E-state index contributed by atoms with van der Waals surface area (Å²) in [6.07, 6.45) is 1.46. The second kappa shape index (κ2) is 8.63. The van der Waals surface area contributed by atoms with Crippen molar-refractivity contribution >= 4 is 33.7 Å². The summed E-state index contributed by atoms with van der Waals surface area (Å²) in [6.45, 7) is 2.48. The Morgan fingerprint density at radius 3 is 2.96 bits per heavy atom. The van der Waals surface area contributed by atoms with E-state index in [1.807, 2.05) is 6.92 Å². The van der Waals surface area contributed by atoms with Crippen molar-refractivity contribution in [3.8, 4) is 23.0 Å². The van der Waals surface area contributed by atoms with Gasteiger partial charge in [0.15, 0.2) is 23.0 Å². The summed E-state index contributed by atoms with van der Waals surface area (Å²) in [6, 6.07) is 8.64. The molecule has 9 heteroatoms. The Bertz CT molecular complexity index is 872. The Morgan fingerprint density at radius 2 is 2.15 bits per heavy atom. The predicted octanol–water partition coefficient (Wildman–Crippen LogP) is 2.84. The third-order valence-electron chi connectivity index (χ3n) is 3.58. The van der Waals surface area contributed by atoms with Gasteiger partial charge < -0.3 is 24.6 Å². The predicted molar refractivity (Wildman–Crippen MR) is 104 cm³/mol. The molecule has 142 valence electrons. The minimum absolute atomic E-state index is 0.0194. The third kappa shape index (κ3) is 4.82. The number of phenolic OH excluding ortho intramolecular Hbond substituents is 1. The fourth-order valence-corrected chi connectivity index (χ4v) is 2.80. The Hall–Kier alpha value is -2.94. The van der Waals surface area contributed by atoms with E-state index in [1.165, 1.54) is 6.21 Å². The lowest BCUT2D eigenvalue weighted by molar-refractivity contribution is -0.119. The van der Waals surface area contributed by atoms with E-state index in [2.05, 4.69) is 31.8 Å². The van der Waals surface area contributed by atoms with Crippen molar-refractivity contribution in [2.75, 3.05) is 25.3 Å². The van der Waals surface area contributed by atoms with Crippen molar-refractivity contribution in [3.63, 3.8) is 0 Å². The number of nitrogens with one attached hydrogen (secondary N) is 2. The van der Waals surface area contributed by atoms with Crippen LogP contribution in [0.25, 0.3) is 0 Å². The number of aromatic hydroxyl groups is 1. The molecule has 8 nitrogen and oxygen atoms in total. The molecule has 1 aliphatic heterocycles. The maximum absolute atomic E-state index is 11.9. The highest BCUT2D eigenvalue weighted by Crippen LogP contribution is 2.35. The molecule has 2 aromatic rings. The van der Waals surface area contributed by atoms with Crippen molar-refractivity contribution < 1.29 is 24.1 Å². The van der Waals surface area contributed by atoms with Crippen molar-refractivity contribution in [2.45, 2.75) is 6.92 Å². The van der Waals surface area contributed by atoms with Crippen LogP contribution in [0.2, 0.25) is 0 Å². The lowest BCUT2D eigenvalue weighted by atomic mass is 10.2. The topological polar surface area (TPSA) is 101 Å². The molecule has 0 spiro atoms. The summed E-state index contributed by atoms with van der Waals surface area (Å²) in [5.41, 5.74) is 3.83. The highest BCUT2D eigenvalue weighted by Gasteiger charge is 2.13. The average Bonchev–Trinajstić information content (AvgIpc) is 3.12. The van der Waals surface area contributed by atoms with E-state index in [4.69, 9.17) is 14.2 Å². The zero-order valence-electron chi connectivity index (χ0n) is 14.5. The van der Waals surface area contributed by atoms with Gasteiger partial charge in [-0.1, -0.05) is 0 Å². The van der Waals surface area contributed by atoms with Crippen molar-refractivity contribution in [1.82, 2.24) is 5.43 Å². The first-order chi connectivity index (χ1) is 13.1. The molecule has 0 unspecified atom stereocenters. The van der Waals surface area contributed by atoms with Crippen LogP contribution in [0.1, 0.15) is 12.5 Å². The van der Waals surface area contributed by atoms with Gasteiger partial charge in [0.2, 0.25) is 6.79 Å². The van der Waals surface area contributed by atoms with Gasteiger partial charge in [0.1, 0.15) is 0 Å². The van der Waals surface area contributed by atoms with Crippen molar-refractivity contribution in [1.29, 1.82) is 0 Å². The second-order valence-electron chi connectivity index (χ2n) is 5.50. The molecule has 1 amide bonds. The van der Waals surface area contributed by atoms with Gasteiger partial charge in [-0.3, -0.25) is 4.79 Å². The number of anilines is 1. The molecule has 0 saturated heterocycles. The molecule has 1 aliphatic rings. The minimum Gasteiger partial charge on any atom is -0.503 e. The van der Waals surface area contributed by atoms with Crippen LogP contribution >= 0.6 is 15.9 Å². The summed E-state index contributed by atoms with van der Waals surface area (Å²) in [5, 5.41) is 16.8. The number of halogens is 1. The lowest BCUT2D eigenvalue weighted by Gasteiger charge is -2.08. The maximum Gasteiger partial charge on any atom is 0.259 e. The second-order valence-corrected chi connectivity index (χ2v) is 6.35. The van der Waals surface area contributed by atoms with E-state index in [1.54, 1.807) is 30.3 Å². The monoisotopic (exact) mass is 435 g/mol. The van der Waals surface area contributed by atoms with E-state index < -0.39 is 0 Å². The highest BCUT2D eigenvalue weighted by atomic mass is 79.9. The fraction of sp³-hybridized carbons (Fsp3) is 0.222. The van der Waals surface area contributed by atoms with Gasteiger partial charge in [-0.2, -0.15) is 5.10 Å². The molecule has 0 aromatic heterocycles. The van der Waals surface area contributed by atoms with Gasteiger partial charge in [-0.25, -0.2) is 5.43 Å². The van der Waals surface area contributed by atoms with Gasteiger partial charge >= 0.3 is 0 Å². The molecule has 0 saturated carbocycles. The number of fused-ring (bicyclic) bond motifs is 1. The summed E-state index contributed by atoms with van der Waals surface area (Å²) in [7, 11) is 0. The molecule has 0 bridgehead atoms. The largest absolute Gasteiger partial charge is 0.503 e. The number of benzene rings is 2. The van der Waals surface area contributed by atoms with Crippen molar-refractivity contribution in [2.24, 2.45) is 5.10 Å². The highest BCUT2D eigenvalue weighted by molar-refractivity contribution is 9.10. The zero-order chi connectivity index (χ0) is 19.2. The van der Waals surface area contributed by atoms with E-state index in [9.17, 15) is 9.90 Å². The molecule has 2 aromatic carbocycles. The molecule has 0 radical (unpaired) electrons. The number of carbonyl (C=O) groups excluding carboxylic acids is 1. The van der Waals surface area contributed by atoms with Crippen LogP contribution in [-0.2, 0) is 4.79 Å². The molecule has 0 aliphatic carbocycles. The lowest BCUT2D eigenvalue weighted by Crippen LogP contribution is -2.25. The molecule has 0 fully saturated rings. The molecular weight excluding hydrogens is 418 g/mol. The zero-order valence-corrected chi connectivity index (χ0v) is 16.1. The standard InChI is InChI=1S/C18H18BrN3O5/c1-2-25-16-6-11(5-13(19)18(16)24)8-21-22-17(23)9-20-12-3-4-14-15(7-12)27-10-26-14/h3-8,20,24H,2,9-10H2,1H3,(H,22,23)/b21-8+. The van der Waals surface area contributed by atoms with Gasteiger partial charge in [-0.15, -0.1) is 0 Å². The van der Waals surface area contributed by atoms with Crippen LogP contribution in [0.15, 0.2) is 39.9 Å². The summed E-state index contributed by atoms with van der Waals surface area (Å²) in [4.78, 5) is 11.9. The van der Waals surface area contributed by atoms with Gasteiger partial charge in [0, 0.05) is 11.8 Å². The first-order valence-electron chi connectivity index (χ1n) is 8.17. The Balaban J connectivity index is 1.53. The number of nitrogens with zero attached hydrogens (tertiary/aromatic N) is 1. The van der Waals surface area contributed by atoms with E-state index in [-0.39, 0.29) is 25.0 Å². The number of hydrogen-bond acceptors (Lipinski definition) is 7. The average molecular weight is 436 g/mol. The molecule has 27 heavy (non-hydrogen) atoms. The van der Waals surface area contributed by atoms with E-state index in [0.29, 0.717) is 33.9 Å². The third-order valence-corrected chi connectivity index (χ3v) is 4.18. The van der Waals surface area contributed by atoms with E-state index >= 15 is 0 Å². The molecule has 3 rings (SSSR count). The molecule has 3 N–H and O–H groups in total. The van der Waals surface area contributed by atoms with Crippen LogP contribution in [0, 0.1) is 0 Å². The number of hydrazone groups is 1. The number of ether oxygens (including phenoxy) is 3. The number of phenols is 1. The number of carbonyl (C=O) groups is 1. The Morgan fingerprint density at radius 1 is 1.33 bits per heavy atom. The maximum atomic E-state index is 11.9. The van der Waals surface area contributed by atoms with Gasteiger partial charge in [0.05, 0.1) is 23.8 Å². The van der Waals surface area contributed by atoms with Crippen LogP contribution < -0.4 is 25.0 Å². The van der Waals surface area contributed by atoms with Gasteiger partial charge in [-0.05, 0) is 52.7 Å². The van der Waals surface area contributed by atoms with Crippen LogP contribution in [0.5, 0.6) is 23.0 Å². The molecule has 1 heterocycles. The first-order valence-corrected chi connectivity index (χ1v) is 8.97. The SMILES string of the molecule is CCOc1cc(/C=N/NC(=O)CNc2ccc3c(c2)OCO3)cc(Br)c1O. The van der Waals surface area contributed by atoms with Crippen LogP contribution in [0.4, 0.5) is 5.69 Å². The van der Waals surface area contributed by atoms with Crippen LogP contribution in [0.3, 0.4) is 0 Å². The Labute approximate surface area is 164 Å². The summed E-state index contributed by atoms with van der Waals surface area (Å²) < 4.78 is 16.3. The summed E-state index contributed by atoms with van der Waals surface area (Å²) in [5.74, 6) is 1.37. The summed E-state index contributed by atoms with van der Waals surface area (Å²) >= 11 is 3.25. The number of amides is 1. The molecular formula is C18H18BrN3O5. The number of hydrogen-bond donors (Lipinski definition) is 3.